The molecule has 2 aliphatic rings. The summed E-state index contributed by atoms with van der Waals surface area (Å²) in [6, 6.07) is 0.229. The van der Waals surface area contributed by atoms with Gasteiger partial charge in [0, 0.05) is 12.0 Å². The van der Waals surface area contributed by atoms with Gasteiger partial charge in [0.2, 0.25) is 11.8 Å². The first kappa shape index (κ1) is 14.3. The highest BCUT2D eigenvalue weighted by Gasteiger charge is 2.34. The van der Waals surface area contributed by atoms with Crippen LogP contribution in [-0.4, -0.2) is 41.9 Å². The van der Waals surface area contributed by atoms with Gasteiger partial charge >= 0.3 is 0 Å². The Morgan fingerprint density at radius 3 is 2.16 bits per heavy atom. The third kappa shape index (κ3) is 3.69. The molecule has 0 aromatic carbocycles. The number of nitrogens with two attached hydrogens (primary N) is 1. The molecule has 0 spiro atoms. The number of likely N-dealkylation sites (tertiary alicyclic amines) is 1. The average molecular weight is 267 g/mol. The standard InChI is InChI=1S/C14H25N3O2/c1-9(2)12(13(15)18)16-14(19)10-5-7-17(8-6-10)11-3-4-11/h9-12H,3-8H2,1-2H3,(H2,15,18)(H,16,19)/t12-/m1/s1. The summed E-state index contributed by atoms with van der Waals surface area (Å²) in [6.07, 6.45) is 4.42. The Kier molecular flexibility index (Phi) is 4.45. The molecule has 1 heterocycles. The van der Waals surface area contributed by atoms with E-state index >= 15 is 0 Å². The number of carbonyl (C=O) groups is 2. The SMILES string of the molecule is CC(C)[C@@H](NC(=O)C1CCN(C2CC2)CC1)C(N)=O. The largest absolute Gasteiger partial charge is 0.368 e. The van der Waals surface area contributed by atoms with E-state index in [0.717, 1.165) is 32.0 Å². The van der Waals surface area contributed by atoms with Crippen LogP contribution in [0.5, 0.6) is 0 Å². The lowest BCUT2D eigenvalue weighted by molar-refractivity contribution is -0.131. The van der Waals surface area contributed by atoms with E-state index in [1.165, 1.54) is 12.8 Å². The normalized spacial score (nSPS) is 23.3. The predicted octanol–water partition coefficient (Wildman–Crippen LogP) is 0.487. The number of primary amides is 1. The Morgan fingerprint density at radius 1 is 1.16 bits per heavy atom. The maximum Gasteiger partial charge on any atom is 0.240 e. The molecule has 0 radical (unpaired) electrons. The minimum absolute atomic E-state index is 0.00653. The lowest BCUT2D eigenvalue weighted by atomic mass is 9.94. The Labute approximate surface area is 114 Å². The summed E-state index contributed by atoms with van der Waals surface area (Å²) in [6.45, 7) is 5.80. The van der Waals surface area contributed by atoms with Crippen LogP contribution in [0.1, 0.15) is 39.5 Å². The molecule has 2 amide bonds. The molecule has 0 unspecified atom stereocenters. The van der Waals surface area contributed by atoms with Crippen molar-refractivity contribution in [1.29, 1.82) is 0 Å². The fraction of sp³-hybridized carbons (Fsp3) is 0.857. The van der Waals surface area contributed by atoms with Crippen molar-refractivity contribution in [3.8, 4) is 0 Å². The van der Waals surface area contributed by atoms with Gasteiger partial charge in [0.05, 0.1) is 0 Å². The second-order valence-corrected chi connectivity index (χ2v) is 6.17. The van der Waals surface area contributed by atoms with Crippen molar-refractivity contribution < 1.29 is 9.59 Å². The molecule has 2 fully saturated rings. The summed E-state index contributed by atoms with van der Waals surface area (Å²) in [7, 11) is 0. The fourth-order valence-corrected chi connectivity index (χ4v) is 2.80. The van der Waals surface area contributed by atoms with Gasteiger partial charge in [-0.3, -0.25) is 9.59 Å². The molecule has 0 aromatic rings. The number of amides is 2. The van der Waals surface area contributed by atoms with Crippen LogP contribution in [0, 0.1) is 11.8 Å². The van der Waals surface area contributed by atoms with Gasteiger partial charge in [-0.25, -0.2) is 0 Å². The molecule has 1 atom stereocenters. The van der Waals surface area contributed by atoms with Crippen molar-refractivity contribution in [1.82, 2.24) is 10.2 Å². The Hall–Kier alpha value is -1.10. The molecular weight excluding hydrogens is 242 g/mol. The lowest BCUT2D eigenvalue weighted by Gasteiger charge is -2.32. The number of carbonyl (C=O) groups excluding carboxylic acids is 2. The Balaban J connectivity index is 1.81. The van der Waals surface area contributed by atoms with Crippen molar-refractivity contribution in [3.63, 3.8) is 0 Å². The second-order valence-electron chi connectivity index (χ2n) is 6.17. The quantitative estimate of drug-likeness (QED) is 0.761. The monoisotopic (exact) mass is 267 g/mol. The molecule has 3 N–H and O–H groups in total. The van der Waals surface area contributed by atoms with E-state index in [1.807, 2.05) is 13.8 Å². The molecular formula is C14H25N3O2. The van der Waals surface area contributed by atoms with E-state index in [9.17, 15) is 9.59 Å². The molecule has 0 aromatic heterocycles. The molecule has 2 rings (SSSR count). The maximum atomic E-state index is 12.2. The van der Waals surface area contributed by atoms with E-state index in [-0.39, 0.29) is 17.7 Å². The van der Waals surface area contributed by atoms with Crippen LogP contribution >= 0.6 is 0 Å². The first-order chi connectivity index (χ1) is 8.99. The highest BCUT2D eigenvalue weighted by atomic mass is 16.2. The summed E-state index contributed by atoms with van der Waals surface area (Å²) >= 11 is 0. The van der Waals surface area contributed by atoms with E-state index in [4.69, 9.17) is 5.73 Å². The second kappa shape index (κ2) is 5.90. The van der Waals surface area contributed by atoms with Crippen molar-refractivity contribution >= 4 is 11.8 Å². The van der Waals surface area contributed by atoms with Crippen molar-refractivity contribution in [2.75, 3.05) is 13.1 Å². The topological polar surface area (TPSA) is 75.4 Å². The highest BCUT2D eigenvalue weighted by Crippen LogP contribution is 2.30. The zero-order chi connectivity index (χ0) is 14.0. The number of nitrogens with one attached hydrogen (secondary N) is 1. The minimum Gasteiger partial charge on any atom is -0.368 e. The molecule has 19 heavy (non-hydrogen) atoms. The third-order valence-electron chi connectivity index (χ3n) is 4.23. The van der Waals surface area contributed by atoms with Crippen molar-refractivity contribution in [2.45, 2.75) is 51.6 Å². The van der Waals surface area contributed by atoms with Crippen molar-refractivity contribution in [3.05, 3.63) is 0 Å². The minimum atomic E-state index is -0.547. The molecule has 0 bridgehead atoms. The predicted molar refractivity (Wildman–Crippen MR) is 73.3 cm³/mol. The van der Waals surface area contributed by atoms with Gasteiger partial charge in [-0.1, -0.05) is 13.8 Å². The first-order valence-electron chi connectivity index (χ1n) is 7.32. The van der Waals surface area contributed by atoms with Gasteiger partial charge < -0.3 is 16.0 Å². The molecule has 5 nitrogen and oxygen atoms in total. The van der Waals surface area contributed by atoms with Crippen molar-refractivity contribution in [2.24, 2.45) is 17.6 Å². The maximum absolute atomic E-state index is 12.2. The zero-order valence-corrected chi connectivity index (χ0v) is 11.9. The van der Waals surface area contributed by atoms with Crippen LogP contribution < -0.4 is 11.1 Å². The summed E-state index contributed by atoms with van der Waals surface area (Å²) in [5, 5.41) is 2.81. The molecule has 1 aliphatic heterocycles. The van der Waals surface area contributed by atoms with Gasteiger partial charge in [-0.15, -0.1) is 0 Å². The number of hydrogen-bond acceptors (Lipinski definition) is 3. The van der Waals surface area contributed by atoms with Crippen LogP contribution in [-0.2, 0) is 9.59 Å². The smallest absolute Gasteiger partial charge is 0.240 e. The van der Waals surface area contributed by atoms with Gasteiger partial charge in [-0.05, 0) is 44.7 Å². The Morgan fingerprint density at radius 2 is 1.74 bits per heavy atom. The van der Waals surface area contributed by atoms with Crippen LogP contribution in [0.15, 0.2) is 0 Å². The van der Waals surface area contributed by atoms with Gasteiger partial charge in [0.15, 0.2) is 0 Å². The molecule has 1 saturated carbocycles. The number of hydrogen-bond donors (Lipinski definition) is 2. The van der Waals surface area contributed by atoms with E-state index in [2.05, 4.69) is 10.2 Å². The number of piperidine rings is 1. The van der Waals surface area contributed by atoms with Gasteiger partial charge in [0.25, 0.3) is 0 Å². The summed E-state index contributed by atoms with van der Waals surface area (Å²) in [4.78, 5) is 26.0. The third-order valence-corrected chi connectivity index (χ3v) is 4.23. The number of nitrogens with zero attached hydrogens (tertiary/aromatic N) is 1. The lowest BCUT2D eigenvalue weighted by Crippen LogP contribution is -2.51. The number of rotatable bonds is 5. The molecule has 1 aliphatic carbocycles. The van der Waals surface area contributed by atoms with Crippen LogP contribution in [0.25, 0.3) is 0 Å². The summed E-state index contributed by atoms with van der Waals surface area (Å²) < 4.78 is 0. The van der Waals surface area contributed by atoms with Gasteiger partial charge in [0.1, 0.15) is 6.04 Å². The van der Waals surface area contributed by atoms with E-state index in [1.54, 1.807) is 0 Å². The fourth-order valence-electron chi connectivity index (χ4n) is 2.80. The van der Waals surface area contributed by atoms with Crippen LogP contribution in [0.4, 0.5) is 0 Å². The Bertz CT molecular complexity index is 345. The van der Waals surface area contributed by atoms with Gasteiger partial charge in [-0.2, -0.15) is 0 Å². The molecule has 108 valence electrons. The highest BCUT2D eigenvalue weighted by molar-refractivity contribution is 5.87. The van der Waals surface area contributed by atoms with E-state index in [0.29, 0.717) is 0 Å². The zero-order valence-electron chi connectivity index (χ0n) is 11.9. The molecule has 5 heteroatoms. The molecule has 1 saturated heterocycles. The summed E-state index contributed by atoms with van der Waals surface area (Å²) in [5.74, 6) is -0.379. The average Bonchev–Trinajstić information content (AvgIpc) is 3.19. The van der Waals surface area contributed by atoms with E-state index < -0.39 is 11.9 Å². The first-order valence-corrected chi connectivity index (χ1v) is 7.32. The van der Waals surface area contributed by atoms with Crippen LogP contribution in [0.3, 0.4) is 0 Å². The van der Waals surface area contributed by atoms with Crippen LogP contribution in [0.2, 0.25) is 0 Å². The summed E-state index contributed by atoms with van der Waals surface area (Å²) in [5.41, 5.74) is 5.32.